The summed E-state index contributed by atoms with van der Waals surface area (Å²) in [5.41, 5.74) is 3.40. The predicted octanol–water partition coefficient (Wildman–Crippen LogP) is 7.08. The molecule has 0 unspecified atom stereocenters. The zero-order valence-electron chi connectivity index (χ0n) is 23.7. The number of carbonyl (C=O) groups is 1. The van der Waals surface area contributed by atoms with E-state index >= 15 is 0 Å². The highest BCUT2D eigenvalue weighted by Crippen LogP contribution is 2.33. The first-order valence-corrected chi connectivity index (χ1v) is 16.0. The number of benzene rings is 3. The molecule has 0 fully saturated rings. The lowest BCUT2D eigenvalue weighted by Crippen LogP contribution is -2.28. The lowest BCUT2D eigenvalue weighted by atomic mass is 10.1. The van der Waals surface area contributed by atoms with Crippen LogP contribution in [0.5, 0.6) is 17.4 Å². The van der Waals surface area contributed by atoms with Crippen LogP contribution >= 0.6 is 22.6 Å². The van der Waals surface area contributed by atoms with Crippen LogP contribution in [0, 0.1) is 10.5 Å². The van der Waals surface area contributed by atoms with Crippen molar-refractivity contribution >= 4 is 44.3 Å². The summed E-state index contributed by atoms with van der Waals surface area (Å²) >= 11 is 2.23. The van der Waals surface area contributed by atoms with Crippen molar-refractivity contribution in [2.75, 3.05) is 18.1 Å². The van der Waals surface area contributed by atoms with Crippen LogP contribution in [-0.2, 0) is 32.1 Å². The molecule has 220 valence electrons. The van der Waals surface area contributed by atoms with E-state index in [1.165, 1.54) is 19.1 Å². The lowest BCUT2D eigenvalue weighted by molar-refractivity contribution is -0.116. The summed E-state index contributed by atoms with van der Waals surface area (Å²) in [6.45, 7) is 5.88. The molecule has 0 aliphatic carbocycles. The van der Waals surface area contributed by atoms with Crippen molar-refractivity contribution in [3.8, 4) is 17.4 Å². The molecule has 4 rings (SSSR count). The second-order valence-corrected chi connectivity index (χ2v) is 12.4. The van der Waals surface area contributed by atoms with Crippen molar-refractivity contribution in [2.45, 2.75) is 45.1 Å². The monoisotopic (exact) mass is 700 g/mol. The molecule has 0 N–H and O–H groups in total. The molecule has 4 aromatic rings. The zero-order valence-corrected chi connectivity index (χ0v) is 26.7. The SMILES string of the molecule is CCc1ccc(OCCCOS(=O)(=O)c2ccc(C)cc2)c(CN(C(C)=O)c2cccnc2Oc2ccc(I)cc2)c1. The van der Waals surface area contributed by atoms with Crippen LogP contribution in [0.1, 0.15) is 37.0 Å². The molecule has 1 aromatic heterocycles. The molecule has 42 heavy (non-hydrogen) atoms. The molecule has 0 saturated heterocycles. The van der Waals surface area contributed by atoms with Gasteiger partial charge in [-0.2, -0.15) is 8.42 Å². The van der Waals surface area contributed by atoms with Crippen molar-refractivity contribution in [3.63, 3.8) is 0 Å². The molecule has 3 aromatic carbocycles. The maximum Gasteiger partial charge on any atom is 0.296 e. The number of halogens is 1. The van der Waals surface area contributed by atoms with E-state index in [1.54, 1.807) is 35.4 Å². The Morgan fingerprint density at radius 3 is 2.40 bits per heavy atom. The number of pyridine rings is 1. The number of aryl methyl sites for hydroxylation is 2. The molecule has 8 nitrogen and oxygen atoms in total. The Bertz CT molecular complexity index is 1610. The summed E-state index contributed by atoms with van der Waals surface area (Å²) in [5, 5.41) is 0. The summed E-state index contributed by atoms with van der Waals surface area (Å²) in [5.74, 6) is 1.35. The Kier molecular flexibility index (Phi) is 10.9. The number of hydrogen-bond donors (Lipinski definition) is 0. The van der Waals surface area contributed by atoms with Crippen LogP contribution in [0.4, 0.5) is 5.69 Å². The van der Waals surface area contributed by atoms with Crippen LogP contribution in [0.15, 0.2) is 90.0 Å². The van der Waals surface area contributed by atoms with Gasteiger partial charge in [0, 0.05) is 28.7 Å². The Hall–Kier alpha value is -3.48. The first-order chi connectivity index (χ1) is 20.2. The minimum Gasteiger partial charge on any atom is -0.493 e. The van der Waals surface area contributed by atoms with E-state index < -0.39 is 10.1 Å². The molecule has 1 heterocycles. The zero-order chi connectivity index (χ0) is 30.1. The molecule has 0 spiro atoms. The quantitative estimate of drug-likeness (QED) is 0.0837. The number of amides is 1. The third-order valence-electron chi connectivity index (χ3n) is 6.41. The van der Waals surface area contributed by atoms with Gasteiger partial charge in [-0.05, 0) is 96.1 Å². The van der Waals surface area contributed by atoms with E-state index in [0.717, 1.165) is 26.7 Å². The summed E-state index contributed by atoms with van der Waals surface area (Å²) in [6, 6.07) is 23.5. The third-order valence-corrected chi connectivity index (χ3v) is 8.45. The van der Waals surface area contributed by atoms with E-state index in [-0.39, 0.29) is 30.6 Å². The van der Waals surface area contributed by atoms with E-state index in [2.05, 4.69) is 34.5 Å². The van der Waals surface area contributed by atoms with Crippen molar-refractivity contribution in [1.29, 1.82) is 0 Å². The fourth-order valence-electron chi connectivity index (χ4n) is 4.12. The van der Waals surface area contributed by atoms with E-state index in [0.29, 0.717) is 29.5 Å². The Labute approximate surface area is 260 Å². The Morgan fingerprint density at radius 1 is 0.976 bits per heavy atom. The summed E-state index contributed by atoms with van der Waals surface area (Å²) in [4.78, 5) is 19.0. The Morgan fingerprint density at radius 2 is 1.71 bits per heavy atom. The minimum absolute atomic E-state index is 0.0208. The highest BCUT2D eigenvalue weighted by Gasteiger charge is 2.21. The largest absolute Gasteiger partial charge is 0.493 e. The summed E-state index contributed by atoms with van der Waals surface area (Å²) in [6.07, 6.45) is 2.79. The second kappa shape index (κ2) is 14.6. The highest BCUT2D eigenvalue weighted by atomic mass is 127. The molecule has 0 aliphatic rings. The number of carbonyl (C=O) groups excluding carboxylic acids is 1. The fraction of sp³-hybridized carbons (Fsp3) is 0.250. The normalized spacial score (nSPS) is 11.2. The van der Waals surface area contributed by atoms with Gasteiger partial charge in [0.2, 0.25) is 11.8 Å². The lowest BCUT2D eigenvalue weighted by Gasteiger charge is -2.24. The van der Waals surface area contributed by atoms with Gasteiger partial charge in [-0.25, -0.2) is 4.98 Å². The molecule has 0 aliphatic heterocycles. The number of aromatic nitrogens is 1. The third kappa shape index (κ3) is 8.52. The molecule has 10 heteroatoms. The van der Waals surface area contributed by atoms with Gasteiger partial charge < -0.3 is 14.4 Å². The van der Waals surface area contributed by atoms with Crippen LogP contribution in [0.25, 0.3) is 0 Å². The molecule has 0 atom stereocenters. The maximum absolute atomic E-state index is 12.9. The highest BCUT2D eigenvalue weighted by molar-refractivity contribution is 14.1. The van der Waals surface area contributed by atoms with Gasteiger partial charge >= 0.3 is 0 Å². The van der Waals surface area contributed by atoms with E-state index in [1.807, 2.05) is 49.4 Å². The van der Waals surface area contributed by atoms with Gasteiger partial charge in [-0.1, -0.05) is 36.8 Å². The van der Waals surface area contributed by atoms with Crippen molar-refractivity contribution < 1.29 is 26.9 Å². The maximum atomic E-state index is 12.9. The van der Waals surface area contributed by atoms with Gasteiger partial charge in [0.1, 0.15) is 17.2 Å². The molecule has 0 radical (unpaired) electrons. The topological polar surface area (TPSA) is 95.0 Å². The van der Waals surface area contributed by atoms with Gasteiger partial charge in [0.15, 0.2) is 0 Å². The first kappa shape index (κ1) is 31.5. The summed E-state index contributed by atoms with van der Waals surface area (Å²) < 4.78 is 43.3. The number of anilines is 1. The fourth-order valence-corrected chi connectivity index (χ4v) is 5.42. The average Bonchev–Trinajstić information content (AvgIpc) is 2.98. The van der Waals surface area contributed by atoms with Gasteiger partial charge in [-0.3, -0.25) is 8.98 Å². The predicted molar refractivity (Wildman–Crippen MR) is 171 cm³/mol. The van der Waals surface area contributed by atoms with Crippen molar-refractivity contribution in [1.82, 2.24) is 4.98 Å². The van der Waals surface area contributed by atoms with E-state index in [9.17, 15) is 13.2 Å². The molecule has 0 bridgehead atoms. The first-order valence-electron chi connectivity index (χ1n) is 13.5. The van der Waals surface area contributed by atoms with Gasteiger partial charge in [0.25, 0.3) is 10.1 Å². The molecule has 0 saturated carbocycles. The smallest absolute Gasteiger partial charge is 0.296 e. The average molecular weight is 701 g/mol. The molecule has 1 amide bonds. The number of hydrogen-bond acceptors (Lipinski definition) is 7. The van der Waals surface area contributed by atoms with Gasteiger partial charge in [0.05, 0.1) is 24.7 Å². The summed E-state index contributed by atoms with van der Waals surface area (Å²) in [7, 11) is -3.84. The Balaban J connectivity index is 1.47. The standard InChI is InChI=1S/C32H33IN2O6S/c1-4-25-10-17-31(39-19-6-20-40-42(37,38)29-15-8-23(2)9-16-29)26(21-25)22-35(24(3)36)30-7-5-18-34-32(30)41-28-13-11-27(33)12-14-28/h5,7-18,21H,4,6,19-20,22H2,1-3H3. The van der Waals surface area contributed by atoms with Crippen LogP contribution < -0.4 is 14.4 Å². The van der Waals surface area contributed by atoms with Gasteiger partial charge in [-0.15, -0.1) is 0 Å². The minimum atomic E-state index is -3.84. The number of rotatable bonds is 13. The van der Waals surface area contributed by atoms with Crippen LogP contribution in [0.2, 0.25) is 0 Å². The number of ether oxygens (including phenoxy) is 2. The second-order valence-electron chi connectivity index (χ2n) is 9.58. The van der Waals surface area contributed by atoms with Crippen molar-refractivity contribution in [3.05, 3.63) is 105 Å². The van der Waals surface area contributed by atoms with Crippen molar-refractivity contribution in [2.24, 2.45) is 0 Å². The van der Waals surface area contributed by atoms with Crippen LogP contribution in [-0.4, -0.2) is 32.5 Å². The molecular formula is C32H33IN2O6S. The van der Waals surface area contributed by atoms with Crippen LogP contribution in [0.3, 0.4) is 0 Å². The van der Waals surface area contributed by atoms with E-state index in [4.69, 9.17) is 13.7 Å². The number of nitrogens with zero attached hydrogens (tertiary/aromatic N) is 2. The molecular weight excluding hydrogens is 667 g/mol.